The molecule has 0 aliphatic carbocycles. The van der Waals surface area contributed by atoms with Crippen molar-refractivity contribution in [3.63, 3.8) is 0 Å². The molecule has 8 nitrogen and oxygen atoms in total. The van der Waals surface area contributed by atoms with Crippen LogP contribution in [0.5, 0.6) is 0 Å². The summed E-state index contributed by atoms with van der Waals surface area (Å²) >= 11 is 0. The highest BCUT2D eigenvalue weighted by Gasteiger charge is 2.35. The Balaban J connectivity index is 1.63. The summed E-state index contributed by atoms with van der Waals surface area (Å²) in [5.74, 6) is 1.04. The van der Waals surface area contributed by atoms with E-state index in [4.69, 9.17) is 18.6 Å². The number of hydrogen-bond donors (Lipinski definition) is 0. The zero-order chi connectivity index (χ0) is 17.8. The van der Waals surface area contributed by atoms with Gasteiger partial charge in [0.15, 0.2) is 0 Å². The minimum atomic E-state index is -0.544. The summed E-state index contributed by atoms with van der Waals surface area (Å²) in [7, 11) is 0. The highest BCUT2D eigenvalue weighted by molar-refractivity contribution is 5.81. The number of ether oxygens (including phenoxy) is 3. The van der Waals surface area contributed by atoms with Gasteiger partial charge >= 0.3 is 0 Å². The Morgan fingerprint density at radius 3 is 2.84 bits per heavy atom. The Kier molecular flexibility index (Phi) is 6.03. The van der Waals surface area contributed by atoms with Crippen molar-refractivity contribution >= 4 is 5.91 Å². The summed E-state index contributed by atoms with van der Waals surface area (Å²) < 4.78 is 22.5. The molecule has 1 aromatic rings. The number of carbonyl (C=O) groups is 1. The van der Waals surface area contributed by atoms with Crippen LogP contribution in [0.15, 0.2) is 4.42 Å². The third-order valence-corrected chi connectivity index (χ3v) is 4.55. The van der Waals surface area contributed by atoms with Crippen molar-refractivity contribution in [1.82, 2.24) is 15.1 Å². The maximum Gasteiger partial charge on any atom is 0.252 e. The number of carbonyl (C=O) groups excluding carboxylic acids is 1. The van der Waals surface area contributed by atoms with E-state index in [1.807, 2.05) is 13.8 Å². The van der Waals surface area contributed by atoms with Crippen LogP contribution in [-0.2, 0) is 19.0 Å². The van der Waals surface area contributed by atoms with Crippen LogP contribution in [0.1, 0.15) is 57.4 Å². The summed E-state index contributed by atoms with van der Waals surface area (Å²) in [6.07, 6.45) is 1.59. The van der Waals surface area contributed by atoms with Gasteiger partial charge in [0.05, 0.1) is 25.9 Å². The molecule has 8 heteroatoms. The van der Waals surface area contributed by atoms with Gasteiger partial charge in [-0.05, 0) is 19.8 Å². The molecule has 0 N–H and O–H groups in total. The molecule has 25 heavy (non-hydrogen) atoms. The quantitative estimate of drug-likeness (QED) is 0.769. The van der Waals surface area contributed by atoms with Gasteiger partial charge in [-0.1, -0.05) is 13.8 Å². The van der Waals surface area contributed by atoms with E-state index in [0.29, 0.717) is 38.1 Å². The molecule has 2 aliphatic rings. The summed E-state index contributed by atoms with van der Waals surface area (Å²) in [6, 6.07) is -0.366. The van der Waals surface area contributed by atoms with E-state index in [9.17, 15) is 4.79 Å². The maximum atomic E-state index is 12.8. The molecule has 140 valence electrons. The number of amides is 1. The van der Waals surface area contributed by atoms with Gasteiger partial charge in [0.1, 0.15) is 12.1 Å². The zero-order valence-corrected chi connectivity index (χ0v) is 15.1. The lowest BCUT2D eigenvalue weighted by atomic mass is 10.2. The number of aromatic nitrogens is 2. The fourth-order valence-corrected chi connectivity index (χ4v) is 3.02. The Bertz CT molecular complexity index is 570. The van der Waals surface area contributed by atoms with Gasteiger partial charge < -0.3 is 23.5 Å². The topological polar surface area (TPSA) is 86.9 Å². The van der Waals surface area contributed by atoms with E-state index < -0.39 is 6.10 Å². The van der Waals surface area contributed by atoms with E-state index in [2.05, 4.69) is 10.2 Å². The van der Waals surface area contributed by atoms with Gasteiger partial charge in [0, 0.05) is 19.1 Å². The van der Waals surface area contributed by atoms with Gasteiger partial charge in [-0.15, -0.1) is 10.2 Å². The Hall–Kier alpha value is -1.51. The second-order valence-electron chi connectivity index (χ2n) is 6.87. The molecule has 0 saturated carbocycles. The van der Waals surface area contributed by atoms with Crippen LogP contribution in [-0.4, -0.2) is 66.2 Å². The second-order valence-corrected chi connectivity index (χ2v) is 6.87. The zero-order valence-electron chi connectivity index (χ0n) is 15.1. The van der Waals surface area contributed by atoms with Crippen LogP contribution in [0.4, 0.5) is 0 Å². The van der Waals surface area contributed by atoms with E-state index in [1.54, 1.807) is 11.8 Å². The lowest BCUT2D eigenvalue weighted by molar-refractivity contribution is -0.154. The van der Waals surface area contributed by atoms with Crippen LogP contribution in [0.2, 0.25) is 0 Å². The van der Waals surface area contributed by atoms with Crippen molar-refractivity contribution in [1.29, 1.82) is 0 Å². The molecule has 0 aromatic carbocycles. The summed E-state index contributed by atoms with van der Waals surface area (Å²) in [6.45, 7) is 8.29. The van der Waals surface area contributed by atoms with Crippen molar-refractivity contribution in [3.8, 4) is 0 Å². The normalized spacial score (nSPS) is 25.5. The first-order valence-electron chi connectivity index (χ1n) is 9.01. The van der Waals surface area contributed by atoms with Crippen LogP contribution in [0, 0.1) is 0 Å². The molecule has 3 atom stereocenters. The minimum absolute atomic E-state index is 0.0874. The van der Waals surface area contributed by atoms with Crippen LogP contribution in [0.25, 0.3) is 0 Å². The SMILES string of the molecule is CC(OCC1CCCO1)C(=O)N1CCOCC1c1nnc(C(C)C)o1. The van der Waals surface area contributed by atoms with E-state index in [0.717, 1.165) is 19.4 Å². The first-order valence-corrected chi connectivity index (χ1v) is 9.01. The number of morpholine rings is 1. The van der Waals surface area contributed by atoms with Crippen molar-refractivity contribution in [2.45, 2.75) is 57.8 Å². The molecule has 0 bridgehead atoms. The minimum Gasteiger partial charge on any atom is -0.423 e. The first kappa shape index (κ1) is 18.3. The van der Waals surface area contributed by atoms with Crippen molar-refractivity contribution in [2.24, 2.45) is 0 Å². The third-order valence-electron chi connectivity index (χ3n) is 4.55. The van der Waals surface area contributed by atoms with Gasteiger partial charge in [-0.3, -0.25) is 4.79 Å². The molecule has 2 aliphatic heterocycles. The number of rotatable bonds is 6. The standard InChI is InChI=1S/C17H27N3O5/c1-11(2)15-18-19-16(25-15)14-10-22-8-6-20(14)17(21)12(3)24-9-13-5-4-7-23-13/h11-14H,4-10H2,1-3H3. The molecule has 1 amide bonds. The van der Waals surface area contributed by atoms with Crippen molar-refractivity contribution in [3.05, 3.63) is 11.8 Å². The molecule has 0 spiro atoms. The Morgan fingerprint density at radius 2 is 2.16 bits per heavy atom. The maximum absolute atomic E-state index is 12.8. The molecule has 3 rings (SSSR count). The summed E-state index contributed by atoms with van der Waals surface area (Å²) in [5, 5.41) is 8.17. The highest BCUT2D eigenvalue weighted by Crippen LogP contribution is 2.26. The molecule has 3 heterocycles. The lowest BCUT2D eigenvalue weighted by Gasteiger charge is -2.35. The first-order chi connectivity index (χ1) is 12.1. The number of hydrogen-bond acceptors (Lipinski definition) is 7. The molecule has 0 radical (unpaired) electrons. The van der Waals surface area contributed by atoms with Gasteiger partial charge in [-0.2, -0.15) is 0 Å². The Morgan fingerprint density at radius 1 is 1.32 bits per heavy atom. The average molecular weight is 353 g/mol. The fourth-order valence-electron chi connectivity index (χ4n) is 3.02. The Labute approximate surface area is 147 Å². The van der Waals surface area contributed by atoms with Gasteiger partial charge in [0.25, 0.3) is 5.91 Å². The monoisotopic (exact) mass is 353 g/mol. The fraction of sp³-hybridized carbons (Fsp3) is 0.824. The predicted octanol–water partition coefficient (Wildman–Crippen LogP) is 1.68. The smallest absolute Gasteiger partial charge is 0.252 e. The second kappa shape index (κ2) is 8.25. The largest absolute Gasteiger partial charge is 0.423 e. The number of nitrogens with zero attached hydrogens (tertiary/aromatic N) is 3. The van der Waals surface area contributed by atoms with Gasteiger partial charge in [0.2, 0.25) is 11.8 Å². The average Bonchev–Trinajstić information content (AvgIpc) is 3.30. The molecule has 2 fully saturated rings. The van der Waals surface area contributed by atoms with Crippen molar-refractivity contribution < 1.29 is 23.4 Å². The highest BCUT2D eigenvalue weighted by atomic mass is 16.5. The van der Waals surface area contributed by atoms with Crippen molar-refractivity contribution in [2.75, 3.05) is 33.0 Å². The predicted molar refractivity (Wildman–Crippen MR) is 88.0 cm³/mol. The van der Waals surface area contributed by atoms with E-state index in [-0.39, 0.29) is 24.0 Å². The van der Waals surface area contributed by atoms with Gasteiger partial charge in [-0.25, -0.2) is 0 Å². The third kappa shape index (κ3) is 4.37. The molecular weight excluding hydrogens is 326 g/mol. The van der Waals surface area contributed by atoms with Crippen LogP contribution < -0.4 is 0 Å². The van der Waals surface area contributed by atoms with E-state index in [1.165, 1.54) is 0 Å². The molecule has 2 saturated heterocycles. The lowest BCUT2D eigenvalue weighted by Crippen LogP contribution is -2.48. The molecule has 3 unspecified atom stereocenters. The van der Waals surface area contributed by atoms with Crippen LogP contribution in [0.3, 0.4) is 0 Å². The molecular formula is C17H27N3O5. The summed E-state index contributed by atoms with van der Waals surface area (Å²) in [4.78, 5) is 14.6. The molecule has 1 aromatic heterocycles. The summed E-state index contributed by atoms with van der Waals surface area (Å²) in [5.41, 5.74) is 0. The van der Waals surface area contributed by atoms with E-state index >= 15 is 0 Å². The van der Waals surface area contributed by atoms with Crippen LogP contribution >= 0.6 is 0 Å².